The van der Waals surface area contributed by atoms with Crippen molar-refractivity contribution in [1.29, 1.82) is 0 Å². The summed E-state index contributed by atoms with van der Waals surface area (Å²) in [6.45, 7) is 4.91. The molecule has 0 radical (unpaired) electrons. The van der Waals surface area contributed by atoms with E-state index in [4.69, 9.17) is 26.3 Å². The molecule has 4 aromatic rings. The van der Waals surface area contributed by atoms with Crippen molar-refractivity contribution >= 4 is 43.9 Å². The number of hydrazine groups is 1. The van der Waals surface area contributed by atoms with E-state index >= 15 is 4.39 Å². The van der Waals surface area contributed by atoms with E-state index in [2.05, 4.69) is 15.3 Å². The van der Waals surface area contributed by atoms with Gasteiger partial charge in [0.25, 0.3) is 0 Å². The quantitative estimate of drug-likeness (QED) is 0.296. The number of hydrogen-bond acceptors (Lipinski definition) is 7. The van der Waals surface area contributed by atoms with Gasteiger partial charge >= 0.3 is 6.01 Å². The first-order valence-electron chi connectivity index (χ1n) is 14.1. The fourth-order valence-corrected chi connectivity index (χ4v) is 8.84. The summed E-state index contributed by atoms with van der Waals surface area (Å²) in [7, 11) is 0. The molecule has 4 saturated heterocycles. The lowest BCUT2D eigenvalue weighted by atomic mass is 9.93. The van der Waals surface area contributed by atoms with Crippen LogP contribution in [-0.4, -0.2) is 58.2 Å². The molecule has 39 heavy (non-hydrogen) atoms. The normalized spacial score (nSPS) is 26.1. The smallest absolute Gasteiger partial charge is 0.317 e. The zero-order valence-corrected chi connectivity index (χ0v) is 23.3. The zero-order chi connectivity index (χ0) is 26.1. The molecule has 9 heteroatoms. The van der Waals surface area contributed by atoms with E-state index in [0.717, 1.165) is 72.2 Å². The van der Waals surface area contributed by atoms with Gasteiger partial charge in [-0.15, -0.1) is 11.3 Å². The van der Waals surface area contributed by atoms with Gasteiger partial charge in [0.05, 0.1) is 17.3 Å². The zero-order valence-electron chi connectivity index (χ0n) is 21.8. The van der Waals surface area contributed by atoms with Crippen LogP contribution in [0.3, 0.4) is 0 Å². The summed E-state index contributed by atoms with van der Waals surface area (Å²) in [6.07, 6.45) is 6.83. The number of halogens is 2. The van der Waals surface area contributed by atoms with E-state index in [-0.39, 0.29) is 23.4 Å². The molecular formula is C30H31ClFN5OS. The first-order chi connectivity index (χ1) is 19.1. The Kier molecular flexibility index (Phi) is 5.86. The molecule has 4 aliphatic heterocycles. The Labute approximate surface area is 236 Å². The molecule has 1 N–H and O–H groups in total. The van der Waals surface area contributed by atoms with Crippen molar-refractivity contribution in [2.75, 3.05) is 32.8 Å². The highest BCUT2D eigenvalue weighted by molar-refractivity contribution is 7.17. The van der Waals surface area contributed by atoms with E-state index in [9.17, 15) is 0 Å². The van der Waals surface area contributed by atoms with Crippen LogP contribution in [0, 0.1) is 11.7 Å². The lowest BCUT2D eigenvalue weighted by Crippen LogP contribution is -2.44. The summed E-state index contributed by atoms with van der Waals surface area (Å²) in [5.41, 5.74) is 6.18. The van der Waals surface area contributed by atoms with Gasteiger partial charge < -0.3 is 4.74 Å². The summed E-state index contributed by atoms with van der Waals surface area (Å²) in [5, 5.41) is 6.53. The fraction of sp³-hybridized carbons (Fsp3) is 0.467. The van der Waals surface area contributed by atoms with Crippen molar-refractivity contribution in [2.24, 2.45) is 5.92 Å². The summed E-state index contributed by atoms with van der Waals surface area (Å²) in [5.74, 6) is 0.278. The maximum absolute atomic E-state index is 16.5. The molecule has 6 heterocycles. The number of ether oxygens (including phenoxy) is 1. The Morgan fingerprint density at radius 1 is 1.10 bits per heavy atom. The van der Waals surface area contributed by atoms with Crippen LogP contribution in [0.5, 0.6) is 6.01 Å². The Morgan fingerprint density at radius 3 is 2.82 bits per heavy atom. The third-order valence-corrected chi connectivity index (χ3v) is 10.7. The van der Waals surface area contributed by atoms with Crippen LogP contribution in [0.25, 0.3) is 32.1 Å². The Bertz CT molecular complexity index is 1570. The van der Waals surface area contributed by atoms with Gasteiger partial charge in [-0.1, -0.05) is 29.8 Å². The van der Waals surface area contributed by atoms with Crippen molar-refractivity contribution in [2.45, 2.75) is 50.1 Å². The lowest BCUT2D eigenvalue weighted by molar-refractivity contribution is 0.106. The SMILES string of the molecule is Fc1c(-c2csc3cccc(Cl)c23)ccc2c(C3CC4CCN(C4)N3)nc(OCC34CCCN3CCC4)nc12. The van der Waals surface area contributed by atoms with Crippen molar-refractivity contribution in [3.8, 4) is 17.1 Å². The number of aromatic nitrogens is 2. The van der Waals surface area contributed by atoms with Gasteiger partial charge in [0.2, 0.25) is 0 Å². The Morgan fingerprint density at radius 2 is 1.97 bits per heavy atom. The molecule has 2 bridgehead atoms. The second-order valence-corrected chi connectivity index (χ2v) is 13.0. The highest BCUT2D eigenvalue weighted by Crippen LogP contribution is 2.43. The van der Waals surface area contributed by atoms with Gasteiger partial charge in [-0.25, -0.2) is 14.8 Å². The minimum absolute atomic E-state index is 0.00777. The molecule has 3 unspecified atom stereocenters. The molecule has 0 spiro atoms. The number of hydrogen-bond donors (Lipinski definition) is 1. The summed E-state index contributed by atoms with van der Waals surface area (Å²) < 4.78 is 23.9. The van der Waals surface area contributed by atoms with Crippen LogP contribution in [0.2, 0.25) is 5.02 Å². The number of thiophene rings is 1. The van der Waals surface area contributed by atoms with E-state index in [1.54, 1.807) is 11.3 Å². The Hall–Kier alpha value is -2.36. The minimum Gasteiger partial charge on any atom is -0.461 e. The van der Waals surface area contributed by atoms with E-state index < -0.39 is 0 Å². The van der Waals surface area contributed by atoms with Gasteiger partial charge in [-0.3, -0.25) is 4.90 Å². The van der Waals surface area contributed by atoms with Crippen molar-refractivity contribution in [3.63, 3.8) is 0 Å². The predicted octanol–water partition coefficient (Wildman–Crippen LogP) is 6.58. The second-order valence-electron chi connectivity index (χ2n) is 11.7. The van der Waals surface area contributed by atoms with E-state index in [1.807, 2.05) is 35.7 Å². The molecule has 8 rings (SSSR count). The molecule has 0 amide bonds. The van der Waals surface area contributed by atoms with Gasteiger partial charge in [0.1, 0.15) is 12.1 Å². The molecule has 6 nitrogen and oxygen atoms in total. The molecular weight excluding hydrogens is 533 g/mol. The number of rotatable bonds is 5. The molecule has 4 fully saturated rings. The molecule has 3 atom stereocenters. The largest absolute Gasteiger partial charge is 0.461 e. The van der Waals surface area contributed by atoms with Gasteiger partial charge in [-0.2, -0.15) is 9.97 Å². The third-order valence-electron chi connectivity index (χ3n) is 9.46. The maximum atomic E-state index is 16.5. The summed E-state index contributed by atoms with van der Waals surface area (Å²) in [4.78, 5) is 12.3. The first-order valence-corrected chi connectivity index (χ1v) is 15.4. The summed E-state index contributed by atoms with van der Waals surface area (Å²) in [6, 6.07) is 9.95. The molecule has 0 saturated carbocycles. The highest BCUT2D eigenvalue weighted by atomic mass is 35.5. The van der Waals surface area contributed by atoms with Crippen LogP contribution < -0.4 is 10.2 Å². The van der Waals surface area contributed by atoms with Crippen molar-refractivity contribution < 1.29 is 9.13 Å². The standard InChI is InChI=1S/C30H31ClFN5OS/c31-22-4-1-5-24-25(22)21(16-39-24)19-6-7-20-27(23-14-18-8-13-37(15-18)35-23)33-29(34-28(20)26(19)32)38-17-30-9-2-11-36(30)12-3-10-30/h1,4-7,16,18,23,35H,2-3,8-15,17H2. The van der Waals surface area contributed by atoms with E-state index in [1.165, 1.54) is 19.3 Å². The average molecular weight is 564 g/mol. The Balaban J connectivity index is 1.24. The number of nitrogens with one attached hydrogen (secondary N) is 1. The van der Waals surface area contributed by atoms with Gasteiger partial charge in [-0.05, 0) is 75.0 Å². The average Bonchev–Trinajstić information content (AvgIpc) is 3.71. The molecule has 4 aliphatic rings. The molecule has 0 aliphatic carbocycles. The molecule has 2 aromatic carbocycles. The number of nitrogens with zero attached hydrogens (tertiary/aromatic N) is 4. The highest BCUT2D eigenvalue weighted by Gasteiger charge is 2.45. The first kappa shape index (κ1) is 24.4. The number of fused-ring (bicyclic) bond motifs is 5. The fourth-order valence-electron chi connectivity index (χ4n) is 7.53. The van der Waals surface area contributed by atoms with Crippen LogP contribution in [0.1, 0.15) is 50.3 Å². The lowest BCUT2D eigenvalue weighted by Gasteiger charge is -2.32. The van der Waals surface area contributed by atoms with Crippen LogP contribution >= 0.6 is 22.9 Å². The predicted molar refractivity (Wildman–Crippen MR) is 154 cm³/mol. The molecule has 202 valence electrons. The second kappa shape index (κ2) is 9.35. The minimum atomic E-state index is -0.346. The summed E-state index contributed by atoms with van der Waals surface area (Å²) >= 11 is 8.15. The van der Waals surface area contributed by atoms with Crippen LogP contribution in [-0.2, 0) is 0 Å². The van der Waals surface area contributed by atoms with Crippen LogP contribution in [0.15, 0.2) is 35.7 Å². The third kappa shape index (κ3) is 3.98. The topological polar surface area (TPSA) is 53.5 Å². The van der Waals surface area contributed by atoms with Crippen LogP contribution in [0.4, 0.5) is 4.39 Å². The maximum Gasteiger partial charge on any atom is 0.317 e. The van der Waals surface area contributed by atoms with Crippen molar-refractivity contribution in [1.82, 2.24) is 25.3 Å². The number of benzene rings is 2. The van der Waals surface area contributed by atoms with Crippen molar-refractivity contribution in [3.05, 3.63) is 52.2 Å². The van der Waals surface area contributed by atoms with E-state index in [0.29, 0.717) is 28.6 Å². The van der Waals surface area contributed by atoms with Gasteiger partial charge in [0, 0.05) is 44.7 Å². The van der Waals surface area contributed by atoms with Gasteiger partial charge in [0.15, 0.2) is 5.82 Å². The monoisotopic (exact) mass is 563 g/mol. The molecule has 2 aromatic heterocycles.